The van der Waals surface area contributed by atoms with Crippen LogP contribution in [0.1, 0.15) is 0 Å². The Morgan fingerprint density at radius 2 is 1.93 bits per heavy atom. The number of aliphatic hydroxyl groups is 1. The number of hydrogen-bond donors (Lipinski definition) is 2. The van der Waals surface area contributed by atoms with Gasteiger partial charge in [-0.1, -0.05) is 18.2 Å². The van der Waals surface area contributed by atoms with Crippen LogP contribution in [0.25, 0.3) is 22.2 Å². The number of rotatable bonds is 4. The molecule has 1 saturated heterocycles. The first-order chi connectivity index (χ1) is 13.8. The standard InChI is InChI=1S/C21H22N4O3S/c1-24(2)29(27,28)16-7-8-20(25-12-15(11-22)21(26)13-25)17(10-16)19-9-14-5-3-4-6-18(14)23-19/h3-10,15,21,23,26H,12-13H2,1-2H3. The van der Waals surface area contributed by atoms with Gasteiger partial charge in [0.2, 0.25) is 10.0 Å². The predicted octanol–water partition coefficient (Wildman–Crippen LogP) is 2.41. The molecular formula is C21H22N4O3S. The normalized spacial score (nSPS) is 19.8. The molecule has 2 aromatic carbocycles. The number of H-pyrrole nitrogens is 1. The van der Waals surface area contributed by atoms with E-state index in [0.29, 0.717) is 13.1 Å². The number of aromatic amines is 1. The predicted molar refractivity (Wildman–Crippen MR) is 112 cm³/mol. The first kappa shape index (κ1) is 19.5. The van der Waals surface area contributed by atoms with Gasteiger partial charge in [-0.25, -0.2) is 12.7 Å². The summed E-state index contributed by atoms with van der Waals surface area (Å²) in [6.07, 6.45) is -0.735. The summed E-state index contributed by atoms with van der Waals surface area (Å²) in [5.74, 6) is -0.476. The Morgan fingerprint density at radius 3 is 2.59 bits per heavy atom. The van der Waals surface area contributed by atoms with Gasteiger partial charge in [0.1, 0.15) is 0 Å². The highest BCUT2D eigenvalue weighted by molar-refractivity contribution is 7.89. The number of para-hydroxylation sites is 1. The van der Waals surface area contributed by atoms with E-state index < -0.39 is 22.0 Å². The molecule has 2 N–H and O–H groups in total. The number of aromatic nitrogens is 1. The Kier molecular flexibility index (Phi) is 4.82. The highest BCUT2D eigenvalue weighted by atomic mass is 32.2. The molecule has 4 rings (SSSR count). The minimum atomic E-state index is -3.60. The summed E-state index contributed by atoms with van der Waals surface area (Å²) >= 11 is 0. The zero-order valence-electron chi connectivity index (χ0n) is 16.2. The largest absolute Gasteiger partial charge is 0.390 e. The van der Waals surface area contributed by atoms with Gasteiger partial charge in [0.05, 0.1) is 23.0 Å². The van der Waals surface area contributed by atoms with Crippen LogP contribution in [0.5, 0.6) is 0 Å². The maximum atomic E-state index is 12.7. The van der Waals surface area contributed by atoms with Crippen molar-refractivity contribution in [2.75, 3.05) is 32.1 Å². The third-order valence-corrected chi connectivity index (χ3v) is 7.17. The van der Waals surface area contributed by atoms with Gasteiger partial charge in [0, 0.05) is 55.0 Å². The monoisotopic (exact) mass is 410 g/mol. The van der Waals surface area contributed by atoms with E-state index in [1.807, 2.05) is 35.2 Å². The van der Waals surface area contributed by atoms with Gasteiger partial charge in [-0.15, -0.1) is 0 Å². The van der Waals surface area contributed by atoms with Crippen LogP contribution in [0, 0.1) is 17.2 Å². The zero-order valence-corrected chi connectivity index (χ0v) is 17.0. The number of nitrogens with one attached hydrogen (secondary N) is 1. The summed E-state index contributed by atoms with van der Waals surface area (Å²) in [5.41, 5.74) is 3.23. The van der Waals surface area contributed by atoms with Crippen molar-refractivity contribution in [3.8, 4) is 17.3 Å². The molecule has 1 fully saturated rings. The van der Waals surface area contributed by atoms with Gasteiger partial charge < -0.3 is 15.0 Å². The zero-order chi connectivity index (χ0) is 20.8. The Morgan fingerprint density at radius 1 is 1.17 bits per heavy atom. The summed E-state index contributed by atoms with van der Waals surface area (Å²) in [5, 5.41) is 20.5. The molecule has 2 atom stereocenters. The fraction of sp³-hybridized carbons (Fsp3) is 0.286. The third-order valence-electron chi connectivity index (χ3n) is 5.36. The number of nitriles is 1. The van der Waals surface area contributed by atoms with Crippen LogP contribution in [-0.2, 0) is 10.0 Å². The van der Waals surface area contributed by atoms with E-state index in [0.717, 1.165) is 27.8 Å². The number of sulfonamides is 1. The molecule has 7 nitrogen and oxygen atoms in total. The molecule has 0 bridgehead atoms. The Labute approximate surface area is 169 Å². The molecule has 2 heterocycles. The Hall–Kier alpha value is -2.86. The first-order valence-electron chi connectivity index (χ1n) is 9.28. The molecule has 0 aliphatic carbocycles. The maximum Gasteiger partial charge on any atom is 0.242 e. The first-order valence-corrected chi connectivity index (χ1v) is 10.7. The lowest BCUT2D eigenvalue weighted by molar-refractivity contribution is 0.171. The van der Waals surface area contributed by atoms with Crippen molar-refractivity contribution in [3.63, 3.8) is 0 Å². The van der Waals surface area contributed by atoms with Gasteiger partial charge in [-0.05, 0) is 30.3 Å². The summed E-state index contributed by atoms with van der Waals surface area (Å²) in [7, 11) is -0.604. The van der Waals surface area contributed by atoms with Gasteiger partial charge >= 0.3 is 0 Å². The lowest BCUT2D eigenvalue weighted by Crippen LogP contribution is -2.24. The van der Waals surface area contributed by atoms with Crippen LogP contribution in [0.15, 0.2) is 53.4 Å². The molecule has 1 aliphatic rings. The van der Waals surface area contributed by atoms with E-state index in [4.69, 9.17) is 0 Å². The number of hydrogen-bond acceptors (Lipinski definition) is 5. The number of benzene rings is 2. The fourth-order valence-corrected chi connectivity index (χ4v) is 4.64. The quantitative estimate of drug-likeness (QED) is 0.688. The van der Waals surface area contributed by atoms with Crippen molar-refractivity contribution < 1.29 is 13.5 Å². The van der Waals surface area contributed by atoms with E-state index in [-0.39, 0.29) is 4.90 Å². The number of aliphatic hydroxyl groups excluding tert-OH is 1. The van der Waals surface area contributed by atoms with Crippen LogP contribution in [0.2, 0.25) is 0 Å². The van der Waals surface area contributed by atoms with E-state index in [1.54, 1.807) is 18.2 Å². The van der Waals surface area contributed by atoms with Crippen molar-refractivity contribution in [3.05, 3.63) is 48.5 Å². The van der Waals surface area contributed by atoms with E-state index in [1.165, 1.54) is 18.4 Å². The van der Waals surface area contributed by atoms with E-state index in [2.05, 4.69) is 11.1 Å². The minimum Gasteiger partial charge on any atom is -0.390 e. The van der Waals surface area contributed by atoms with Crippen LogP contribution in [0.3, 0.4) is 0 Å². The van der Waals surface area contributed by atoms with Crippen molar-refractivity contribution in [2.45, 2.75) is 11.0 Å². The molecule has 1 aliphatic heterocycles. The highest BCUT2D eigenvalue weighted by Crippen LogP contribution is 2.37. The molecule has 0 spiro atoms. The summed E-state index contributed by atoms with van der Waals surface area (Å²) in [6.45, 7) is 0.718. The van der Waals surface area contributed by atoms with E-state index >= 15 is 0 Å². The number of nitrogens with zero attached hydrogens (tertiary/aromatic N) is 3. The van der Waals surface area contributed by atoms with Crippen molar-refractivity contribution >= 4 is 26.6 Å². The molecule has 1 aromatic heterocycles. The Balaban J connectivity index is 1.88. The average Bonchev–Trinajstić information content (AvgIpc) is 3.30. The SMILES string of the molecule is CN(C)S(=O)(=O)c1ccc(N2CC(O)C(C#N)C2)c(-c2cc3ccccc3[nH]2)c1. The number of β-amino-alcohol motifs (C(OH)–C–C–N with tert-alkyl or cyclic N) is 1. The second-order valence-corrected chi connectivity index (χ2v) is 9.60. The van der Waals surface area contributed by atoms with Gasteiger partial charge in [-0.3, -0.25) is 0 Å². The molecule has 29 heavy (non-hydrogen) atoms. The van der Waals surface area contributed by atoms with Crippen molar-refractivity contribution in [1.82, 2.24) is 9.29 Å². The van der Waals surface area contributed by atoms with Crippen LogP contribution >= 0.6 is 0 Å². The molecule has 0 radical (unpaired) electrons. The number of fused-ring (bicyclic) bond motifs is 1. The smallest absolute Gasteiger partial charge is 0.242 e. The lowest BCUT2D eigenvalue weighted by atomic mass is 10.1. The molecule has 3 aromatic rings. The van der Waals surface area contributed by atoms with Gasteiger partial charge in [0.25, 0.3) is 0 Å². The summed E-state index contributed by atoms with van der Waals surface area (Å²) < 4.78 is 26.6. The van der Waals surface area contributed by atoms with Crippen LogP contribution in [-0.4, -0.2) is 56.1 Å². The fourth-order valence-electron chi connectivity index (χ4n) is 3.71. The second kappa shape index (κ2) is 7.19. The van der Waals surface area contributed by atoms with Crippen LogP contribution < -0.4 is 4.90 Å². The van der Waals surface area contributed by atoms with E-state index in [9.17, 15) is 18.8 Å². The molecule has 2 unspecified atom stereocenters. The average molecular weight is 410 g/mol. The topological polar surface area (TPSA) is 100 Å². The van der Waals surface area contributed by atoms with Crippen molar-refractivity contribution in [2.24, 2.45) is 5.92 Å². The molecule has 0 amide bonds. The summed E-state index contributed by atoms with van der Waals surface area (Å²) in [4.78, 5) is 5.48. The number of anilines is 1. The maximum absolute atomic E-state index is 12.7. The van der Waals surface area contributed by atoms with Gasteiger partial charge in [0.15, 0.2) is 0 Å². The second-order valence-electron chi connectivity index (χ2n) is 7.44. The molecular weight excluding hydrogens is 388 g/mol. The minimum absolute atomic E-state index is 0.191. The Bertz CT molecular complexity index is 1180. The molecule has 0 saturated carbocycles. The highest BCUT2D eigenvalue weighted by Gasteiger charge is 2.33. The summed E-state index contributed by atoms with van der Waals surface area (Å²) in [6, 6.07) is 16.9. The van der Waals surface area contributed by atoms with Gasteiger partial charge in [-0.2, -0.15) is 5.26 Å². The van der Waals surface area contributed by atoms with Crippen LogP contribution in [0.4, 0.5) is 5.69 Å². The van der Waals surface area contributed by atoms with Crippen molar-refractivity contribution in [1.29, 1.82) is 5.26 Å². The molecule has 150 valence electrons. The third kappa shape index (κ3) is 3.38. The molecule has 8 heteroatoms. The lowest BCUT2D eigenvalue weighted by Gasteiger charge is -2.22.